The molecule has 0 bridgehead atoms. The minimum Gasteiger partial charge on any atom is -0.310 e. The van der Waals surface area contributed by atoms with Crippen LogP contribution in [0.1, 0.15) is 25.8 Å². The standard InChI is InChI=1S/C11H17BrN2/c1-9(12)7-10(2)14-8-11-3-5-13-6-4-11/h3-6,9-10,14H,7-8H2,1-2H3. The van der Waals surface area contributed by atoms with Crippen molar-refractivity contribution < 1.29 is 0 Å². The molecule has 0 spiro atoms. The van der Waals surface area contributed by atoms with Gasteiger partial charge in [0.05, 0.1) is 0 Å². The van der Waals surface area contributed by atoms with Crippen LogP contribution in [0.4, 0.5) is 0 Å². The zero-order chi connectivity index (χ0) is 10.4. The third-order valence-corrected chi connectivity index (χ3v) is 2.46. The molecule has 0 fully saturated rings. The average Bonchev–Trinajstić information content (AvgIpc) is 2.15. The quantitative estimate of drug-likeness (QED) is 0.820. The predicted molar refractivity (Wildman–Crippen MR) is 63.5 cm³/mol. The van der Waals surface area contributed by atoms with Gasteiger partial charge in [0.2, 0.25) is 0 Å². The van der Waals surface area contributed by atoms with Gasteiger partial charge in [-0.05, 0) is 31.0 Å². The molecule has 0 aliphatic carbocycles. The van der Waals surface area contributed by atoms with Crippen LogP contribution in [-0.4, -0.2) is 15.9 Å². The Morgan fingerprint density at radius 3 is 2.57 bits per heavy atom. The molecule has 0 saturated carbocycles. The lowest BCUT2D eigenvalue weighted by molar-refractivity contribution is 0.515. The Kier molecular flexibility index (Phi) is 5.12. The Balaban J connectivity index is 2.27. The molecule has 1 N–H and O–H groups in total. The fourth-order valence-corrected chi connectivity index (χ4v) is 1.92. The Hall–Kier alpha value is -0.410. The van der Waals surface area contributed by atoms with E-state index in [0.717, 1.165) is 13.0 Å². The van der Waals surface area contributed by atoms with E-state index in [1.807, 2.05) is 24.5 Å². The van der Waals surface area contributed by atoms with Crippen LogP contribution >= 0.6 is 15.9 Å². The van der Waals surface area contributed by atoms with Gasteiger partial charge in [-0.25, -0.2) is 0 Å². The predicted octanol–water partition coefficient (Wildman–Crippen LogP) is 2.73. The summed E-state index contributed by atoms with van der Waals surface area (Å²) in [5, 5.41) is 3.47. The van der Waals surface area contributed by atoms with E-state index < -0.39 is 0 Å². The van der Waals surface area contributed by atoms with Crippen LogP contribution in [0.25, 0.3) is 0 Å². The monoisotopic (exact) mass is 256 g/mol. The summed E-state index contributed by atoms with van der Waals surface area (Å²) in [7, 11) is 0. The number of halogens is 1. The molecule has 1 aromatic heterocycles. The van der Waals surface area contributed by atoms with Gasteiger partial charge in [0.1, 0.15) is 0 Å². The zero-order valence-corrected chi connectivity index (χ0v) is 10.3. The molecule has 0 saturated heterocycles. The van der Waals surface area contributed by atoms with E-state index in [1.54, 1.807) is 0 Å². The Bertz CT molecular complexity index is 249. The molecule has 2 unspecified atom stereocenters. The molecule has 0 radical (unpaired) electrons. The first-order chi connectivity index (χ1) is 6.68. The van der Waals surface area contributed by atoms with Crippen molar-refractivity contribution >= 4 is 15.9 Å². The Morgan fingerprint density at radius 1 is 1.36 bits per heavy atom. The molecular weight excluding hydrogens is 240 g/mol. The molecule has 1 aromatic rings. The molecule has 0 aliphatic heterocycles. The second-order valence-electron chi connectivity index (χ2n) is 3.65. The number of hydrogen-bond acceptors (Lipinski definition) is 2. The highest BCUT2D eigenvalue weighted by molar-refractivity contribution is 9.09. The highest BCUT2D eigenvalue weighted by Gasteiger charge is 2.04. The molecule has 0 amide bonds. The summed E-state index contributed by atoms with van der Waals surface area (Å²) in [5.74, 6) is 0. The third-order valence-electron chi connectivity index (χ3n) is 2.08. The fraction of sp³-hybridized carbons (Fsp3) is 0.545. The van der Waals surface area contributed by atoms with Crippen molar-refractivity contribution in [3.63, 3.8) is 0 Å². The van der Waals surface area contributed by atoms with Crippen molar-refractivity contribution in [2.45, 2.75) is 37.7 Å². The van der Waals surface area contributed by atoms with E-state index >= 15 is 0 Å². The Morgan fingerprint density at radius 2 is 2.00 bits per heavy atom. The van der Waals surface area contributed by atoms with Gasteiger partial charge in [-0.3, -0.25) is 4.98 Å². The van der Waals surface area contributed by atoms with Crippen LogP contribution in [0.2, 0.25) is 0 Å². The number of aromatic nitrogens is 1. The first-order valence-electron chi connectivity index (χ1n) is 4.95. The lowest BCUT2D eigenvalue weighted by atomic mass is 10.2. The van der Waals surface area contributed by atoms with Gasteiger partial charge in [0.15, 0.2) is 0 Å². The minimum absolute atomic E-state index is 0.539. The van der Waals surface area contributed by atoms with Gasteiger partial charge in [0, 0.05) is 29.8 Å². The summed E-state index contributed by atoms with van der Waals surface area (Å²) in [5.41, 5.74) is 1.29. The molecule has 1 heterocycles. The number of alkyl halides is 1. The van der Waals surface area contributed by atoms with Crippen LogP contribution in [-0.2, 0) is 6.54 Å². The molecule has 78 valence electrons. The lowest BCUT2D eigenvalue weighted by Gasteiger charge is -2.14. The van der Waals surface area contributed by atoms with Crippen molar-refractivity contribution in [3.05, 3.63) is 30.1 Å². The molecule has 0 aromatic carbocycles. The molecule has 0 aliphatic rings. The summed E-state index contributed by atoms with van der Waals surface area (Å²) < 4.78 is 0. The van der Waals surface area contributed by atoms with Gasteiger partial charge in [-0.15, -0.1) is 0 Å². The molecule has 2 nitrogen and oxygen atoms in total. The van der Waals surface area contributed by atoms with Crippen LogP contribution in [0, 0.1) is 0 Å². The van der Waals surface area contributed by atoms with E-state index in [0.29, 0.717) is 10.9 Å². The number of rotatable bonds is 5. The third kappa shape index (κ3) is 4.72. The normalized spacial score (nSPS) is 15.1. The summed E-state index contributed by atoms with van der Waals surface area (Å²) in [4.78, 5) is 4.56. The highest BCUT2D eigenvalue weighted by atomic mass is 79.9. The topological polar surface area (TPSA) is 24.9 Å². The molecule has 14 heavy (non-hydrogen) atoms. The van der Waals surface area contributed by atoms with E-state index in [1.165, 1.54) is 5.56 Å². The van der Waals surface area contributed by atoms with E-state index in [9.17, 15) is 0 Å². The summed E-state index contributed by atoms with van der Waals surface area (Å²) in [6, 6.07) is 4.62. The Labute approximate surface area is 94.3 Å². The number of hydrogen-bond donors (Lipinski definition) is 1. The minimum atomic E-state index is 0.539. The van der Waals surface area contributed by atoms with Crippen molar-refractivity contribution in [2.24, 2.45) is 0 Å². The first-order valence-corrected chi connectivity index (χ1v) is 5.86. The van der Waals surface area contributed by atoms with Crippen molar-refractivity contribution in [1.82, 2.24) is 10.3 Å². The average molecular weight is 257 g/mol. The summed E-state index contributed by atoms with van der Waals surface area (Å²) in [6.45, 7) is 5.30. The molecule has 1 rings (SSSR count). The van der Waals surface area contributed by atoms with E-state index in [2.05, 4.69) is 40.1 Å². The maximum absolute atomic E-state index is 3.99. The van der Waals surface area contributed by atoms with E-state index in [4.69, 9.17) is 0 Å². The molecule has 2 atom stereocenters. The van der Waals surface area contributed by atoms with Crippen LogP contribution in [0.15, 0.2) is 24.5 Å². The summed E-state index contributed by atoms with van der Waals surface area (Å²) in [6.07, 6.45) is 4.80. The van der Waals surface area contributed by atoms with E-state index in [-0.39, 0.29) is 0 Å². The highest BCUT2D eigenvalue weighted by Crippen LogP contribution is 2.07. The second kappa shape index (κ2) is 6.14. The lowest BCUT2D eigenvalue weighted by Crippen LogP contribution is -2.27. The van der Waals surface area contributed by atoms with Gasteiger partial charge in [-0.1, -0.05) is 22.9 Å². The number of pyridine rings is 1. The maximum Gasteiger partial charge on any atom is 0.0271 e. The SMILES string of the molecule is CC(Br)CC(C)NCc1ccncc1. The first kappa shape index (κ1) is 11.7. The zero-order valence-electron chi connectivity index (χ0n) is 8.70. The van der Waals surface area contributed by atoms with Crippen LogP contribution < -0.4 is 5.32 Å². The largest absolute Gasteiger partial charge is 0.310 e. The van der Waals surface area contributed by atoms with Crippen molar-refractivity contribution in [1.29, 1.82) is 0 Å². The van der Waals surface area contributed by atoms with Gasteiger partial charge in [0.25, 0.3) is 0 Å². The summed E-state index contributed by atoms with van der Waals surface area (Å²) >= 11 is 3.55. The van der Waals surface area contributed by atoms with Gasteiger partial charge in [-0.2, -0.15) is 0 Å². The van der Waals surface area contributed by atoms with Crippen LogP contribution in [0.5, 0.6) is 0 Å². The van der Waals surface area contributed by atoms with Crippen LogP contribution in [0.3, 0.4) is 0 Å². The smallest absolute Gasteiger partial charge is 0.0271 e. The number of nitrogens with one attached hydrogen (secondary N) is 1. The second-order valence-corrected chi connectivity index (χ2v) is 5.22. The van der Waals surface area contributed by atoms with Gasteiger partial charge >= 0.3 is 0 Å². The van der Waals surface area contributed by atoms with Crippen molar-refractivity contribution in [3.8, 4) is 0 Å². The molecular formula is C11H17BrN2. The van der Waals surface area contributed by atoms with Gasteiger partial charge < -0.3 is 5.32 Å². The van der Waals surface area contributed by atoms with Crippen molar-refractivity contribution in [2.75, 3.05) is 0 Å². The maximum atomic E-state index is 3.99. The number of nitrogens with zero attached hydrogens (tertiary/aromatic N) is 1. The molecule has 3 heteroatoms. The fourth-order valence-electron chi connectivity index (χ4n) is 1.36.